The molecule has 0 saturated carbocycles. The van der Waals surface area contributed by atoms with Gasteiger partial charge in [0, 0.05) is 17.9 Å². The van der Waals surface area contributed by atoms with E-state index in [4.69, 9.17) is 12.2 Å². The molecular formula is C19H21FN4OS. The quantitative estimate of drug-likeness (QED) is 0.571. The molecule has 0 atom stereocenters. The Bertz CT molecular complexity index is 827. The van der Waals surface area contributed by atoms with Crippen LogP contribution in [0.4, 0.5) is 15.8 Å². The molecule has 1 amide bonds. The maximum atomic E-state index is 13.5. The number of para-hydroxylation sites is 1. The number of nitrogens with one attached hydrogen (secondary N) is 3. The summed E-state index contributed by atoms with van der Waals surface area (Å²) in [5, 5.41) is 3.03. The average Bonchev–Trinajstić information content (AvgIpc) is 2.63. The first-order valence-electron chi connectivity index (χ1n) is 8.48. The number of carbonyl (C=O) groups is 1. The number of thiocarbonyl (C=S) groups is 1. The number of fused-ring (bicyclic) bond motifs is 1. The first-order valence-corrected chi connectivity index (χ1v) is 8.88. The van der Waals surface area contributed by atoms with Crippen molar-refractivity contribution in [1.29, 1.82) is 0 Å². The van der Waals surface area contributed by atoms with E-state index in [9.17, 15) is 9.18 Å². The number of benzene rings is 2. The van der Waals surface area contributed by atoms with E-state index in [2.05, 4.69) is 27.1 Å². The number of hydrogen-bond acceptors (Lipinski definition) is 3. The molecule has 0 aliphatic carbocycles. The molecule has 2 aromatic rings. The molecule has 1 heterocycles. The van der Waals surface area contributed by atoms with Crippen molar-refractivity contribution in [2.45, 2.75) is 19.8 Å². The Morgan fingerprint density at radius 1 is 1.23 bits per heavy atom. The molecule has 1 aliphatic rings. The Hall–Kier alpha value is -2.67. The maximum Gasteiger partial charge on any atom is 0.257 e. The summed E-state index contributed by atoms with van der Waals surface area (Å²) >= 11 is 5.12. The Morgan fingerprint density at radius 3 is 2.85 bits per heavy atom. The van der Waals surface area contributed by atoms with Gasteiger partial charge in [0.15, 0.2) is 5.11 Å². The molecule has 3 N–H and O–H groups in total. The van der Waals surface area contributed by atoms with Crippen LogP contribution in [0.3, 0.4) is 0 Å². The molecule has 136 valence electrons. The number of carbonyl (C=O) groups excluding carboxylic acids is 1. The van der Waals surface area contributed by atoms with Crippen LogP contribution in [0.15, 0.2) is 42.5 Å². The van der Waals surface area contributed by atoms with Gasteiger partial charge in [-0.05, 0) is 61.3 Å². The standard InChI is InChI=1S/C19H21FN4OS/c1-13-8-9-15(11-16(13)20)21-19(26)23-22-18(25)12-24-10-4-6-14-5-2-3-7-17(14)24/h2-3,5,7-9,11H,4,6,10,12H2,1H3,(H,22,25)(H2,21,23,26). The third kappa shape index (κ3) is 4.49. The lowest BCUT2D eigenvalue weighted by molar-refractivity contribution is -0.120. The summed E-state index contributed by atoms with van der Waals surface area (Å²) in [6.45, 7) is 2.77. The first kappa shape index (κ1) is 18.1. The van der Waals surface area contributed by atoms with Gasteiger partial charge in [0.2, 0.25) is 0 Å². The van der Waals surface area contributed by atoms with Crippen LogP contribution in [0.5, 0.6) is 0 Å². The van der Waals surface area contributed by atoms with Crippen molar-refractivity contribution in [1.82, 2.24) is 10.9 Å². The minimum Gasteiger partial charge on any atom is -0.362 e. The highest BCUT2D eigenvalue weighted by Gasteiger charge is 2.18. The van der Waals surface area contributed by atoms with Crippen molar-refractivity contribution < 1.29 is 9.18 Å². The molecule has 3 rings (SSSR count). The Balaban J connectivity index is 1.50. The molecule has 0 aromatic heterocycles. The summed E-state index contributed by atoms with van der Waals surface area (Å²) in [7, 11) is 0. The van der Waals surface area contributed by atoms with E-state index in [0.29, 0.717) is 11.3 Å². The van der Waals surface area contributed by atoms with Gasteiger partial charge in [-0.1, -0.05) is 24.3 Å². The molecule has 26 heavy (non-hydrogen) atoms. The molecule has 1 aliphatic heterocycles. The first-order chi connectivity index (χ1) is 12.5. The van der Waals surface area contributed by atoms with Gasteiger partial charge in [-0.2, -0.15) is 0 Å². The Labute approximate surface area is 157 Å². The second kappa shape index (κ2) is 8.14. The molecular weight excluding hydrogens is 351 g/mol. The maximum absolute atomic E-state index is 13.5. The van der Waals surface area contributed by atoms with Crippen LogP contribution in [0, 0.1) is 12.7 Å². The summed E-state index contributed by atoms with van der Waals surface area (Å²) in [6.07, 6.45) is 2.06. The van der Waals surface area contributed by atoms with Crippen molar-refractivity contribution >= 4 is 34.6 Å². The van der Waals surface area contributed by atoms with E-state index in [-0.39, 0.29) is 23.4 Å². The van der Waals surface area contributed by atoms with Gasteiger partial charge < -0.3 is 10.2 Å². The van der Waals surface area contributed by atoms with E-state index < -0.39 is 0 Å². The largest absolute Gasteiger partial charge is 0.362 e. The van der Waals surface area contributed by atoms with Gasteiger partial charge in [-0.15, -0.1) is 0 Å². The molecule has 0 fully saturated rings. The van der Waals surface area contributed by atoms with Crippen molar-refractivity contribution in [2.75, 3.05) is 23.3 Å². The minimum absolute atomic E-state index is 0.194. The fourth-order valence-corrected chi connectivity index (χ4v) is 3.12. The van der Waals surface area contributed by atoms with E-state index in [1.807, 2.05) is 18.2 Å². The van der Waals surface area contributed by atoms with E-state index in [0.717, 1.165) is 25.1 Å². The molecule has 0 bridgehead atoms. The summed E-state index contributed by atoms with van der Waals surface area (Å²) in [5.74, 6) is -0.508. The molecule has 5 nitrogen and oxygen atoms in total. The lowest BCUT2D eigenvalue weighted by atomic mass is 10.0. The molecule has 0 spiro atoms. The number of anilines is 2. The van der Waals surface area contributed by atoms with Crippen LogP contribution in [0.2, 0.25) is 0 Å². The van der Waals surface area contributed by atoms with Crippen LogP contribution < -0.4 is 21.1 Å². The van der Waals surface area contributed by atoms with Crippen LogP contribution in [0.1, 0.15) is 17.5 Å². The van der Waals surface area contributed by atoms with Crippen molar-refractivity contribution in [3.8, 4) is 0 Å². The summed E-state index contributed by atoms with van der Waals surface area (Å²) in [4.78, 5) is 14.3. The van der Waals surface area contributed by atoms with Gasteiger partial charge >= 0.3 is 0 Å². The Kier molecular flexibility index (Phi) is 5.68. The highest BCUT2D eigenvalue weighted by molar-refractivity contribution is 7.80. The number of rotatable bonds is 3. The number of hydrogen-bond donors (Lipinski definition) is 3. The second-order valence-corrected chi connectivity index (χ2v) is 6.65. The molecule has 0 radical (unpaired) electrons. The number of nitrogens with zero attached hydrogens (tertiary/aromatic N) is 1. The lowest BCUT2D eigenvalue weighted by Gasteiger charge is -2.30. The third-order valence-electron chi connectivity index (χ3n) is 4.29. The van der Waals surface area contributed by atoms with Gasteiger partial charge in [0.05, 0.1) is 6.54 Å². The molecule has 2 aromatic carbocycles. The predicted octanol–water partition coefficient (Wildman–Crippen LogP) is 2.90. The number of halogens is 1. The van der Waals surface area contributed by atoms with E-state index in [1.165, 1.54) is 11.6 Å². The number of hydrazine groups is 1. The normalized spacial score (nSPS) is 12.9. The van der Waals surface area contributed by atoms with Crippen LogP contribution in [0.25, 0.3) is 0 Å². The fourth-order valence-electron chi connectivity index (χ4n) is 2.95. The lowest BCUT2D eigenvalue weighted by Crippen LogP contribution is -2.48. The van der Waals surface area contributed by atoms with Crippen molar-refractivity contribution in [2.24, 2.45) is 0 Å². The predicted molar refractivity (Wildman–Crippen MR) is 106 cm³/mol. The van der Waals surface area contributed by atoms with Crippen molar-refractivity contribution in [3.05, 3.63) is 59.4 Å². The minimum atomic E-state index is -0.314. The third-order valence-corrected chi connectivity index (χ3v) is 4.49. The van der Waals surface area contributed by atoms with Gasteiger partial charge in [0.1, 0.15) is 5.82 Å². The molecule has 0 saturated heterocycles. The topological polar surface area (TPSA) is 56.4 Å². The van der Waals surface area contributed by atoms with Crippen LogP contribution in [-0.4, -0.2) is 24.1 Å². The van der Waals surface area contributed by atoms with E-state index >= 15 is 0 Å². The van der Waals surface area contributed by atoms with Crippen molar-refractivity contribution in [3.63, 3.8) is 0 Å². The van der Waals surface area contributed by atoms with Gasteiger partial charge in [-0.25, -0.2) is 4.39 Å². The summed E-state index contributed by atoms with van der Waals surface area (Å²) in [6, 6.07) is 12.9. The SMILES string of the molecule is Cc1ccc(NC(=S)NNC(=O)CN2CCCc3ccccc32)cc1F. The van der Waals surface area contributed by atoms with Crippen LogP contribution in [-0.2, 0) is 11.2 Å². The zero-order valence-electron chi connectivity index (χ0n) is 14.5. The highest BCUT2D eigenvalue weighted by atomic mass is 32.1. The summed E-state index contributed by atoms with van der Waals surface area (Å²) < 4.78 is 13.5. The van der Waals surface area contributed by atoms with Gasteiger partial charge in [-0.3, -0.25) is 15.6 Å². The smallest absolute Gasteiger partial charge is 0.257 e. The van der Waals surface area contributed by atoms with Gasteiger partial charge in [0.25, 0.3) is 5.91 Å². The zero-order chi connectivity index (χ0) is 18.5. The van der Waals surface area contributed by atoms with Crippen LogP contribution >= 0.6 is 12.2 Å². The monoisotopic (exact) mass is 372 g/mol. The molecule has 0 unspecified atom stereocenters. The summed E-state index contributed by atoms with van der Waals surface area (Å²) in [5.41, 5.74) is 8.67. The Morgan fingerprint density at radius 2 is 2.04 bits per heavy atom. The zero-order valence-corrected chi connectivity index (χ0v) is 15.3. The number of aryl methyl sites for hydroxylation is 2. The van der Waals surface area contributed by atoms with E-state index in [1.54, 1.807) is 19.1 Å². The number of amides is 1. The fraction of sp³-hybridized carbons (Fsp3) is 0.263. The molecule has 7 heteroatoms. The average molecular weight is 372 g/mol. The second-order valence-electron chi connectivity index (χ2n) is 6.25. The highest BCUT2D eigenvalue weighted by Crippen LogP contribution is 2.26.